The number of amides is 1. The van der Waals surface area contributed by atoms with Crippen LogP contribution in [0.5, 0.6) is 5.88 Å². The Kier molecular flexibility index (Phi) is 3.86. The minimum Gasteiger partial charge on any atom is -0.469 e. The molecule has 1 amide bonds. The summed E-state index contributed by atoms with van der Waals surface area (Å²) in [7, 11) is 0. The first-order valence-electron chi connectivity index (χ1n) is 9.64. The van der Waals surface area contributed by atoms with Crippen molar-refractivity contribution in [2.45, 2.75) is 24.6 Å². The van der Waals surface area contributed by atoms with Crippen molar-refractivity contribution >= 4 is 17.4 Å². The number of aromatic nitrogens is 4. The molecule has 0 radical (unpaired) electrons. The van der Waals surface area contributed by atoms with E-state index >= 15 is 0 Å². The lowest BCUT2D eigenvalue weighted by molar-refractivity contribution is 0.0902. The third-order valence-electron chi connectivity index (χ3n) is 5.54. The molecule has 3 aliphatic rings. The number of ether oxygens (including phenoxy) is 2. The summed E-state index contributed by atoms with van der Waals surface area (Å²) in [5, 5.41) is 8.76. The van der Waals surface area contributed by atoms with Gasteiger partial charge in [0.1, 0.15) is 17.5 Å². The summed E-state index contributed by atoms with van der Waals surface area (Å²) in [6.07, 6.45) is 4.42. The van der Waals surface area contributed by atoms with Crippen LogP contribution in [0.1, 0.15) is 28.4 Å². The zero-order chi connectivity index (χ0) is 20.2. The van der Waals surface area contributed by atoms with Crippen LogP contribution in [0, 0.1) is 5.82 Å². The molecule has 6 rings (SSSR count). The van der Waals surface area contributed by atoms with E-state index in [9.17, 15) is 9.18 Å². The van der Waals surface area contributed by atoms with E-state index in [-0.39, 0.29) is 24.4 Å². The Morgan fingerprint density at radius 3 is 3.13 bits per heavy atom. The number of nitrogens with one attached hydrogen (secondary N) is 1. The molecule has 1 N–H and O–H groups in total. The predicted octanol–water partition coefficient (Wildman–Crippen LogP) is 1.04. The Balaban J connectivity index is 1.55. The average Bonchev–Trinajstić information content (AvgIpc) is 3.48. The number of fused-ring (bicyclic) bond motifs is 6. The summed E-state index contributed by atoms with van der Waals surface area (Å²) in [6.45, 7) is 1.00. The topological polar surface area (TPSA) is 103 Å². The molecule has 0 saturated carbocycles. The van der Waals surface area contributed by atoms with Gasteiger partial charge in [-0.15, -0.1) is 0 Å². The molecular formula is C19H17FN6O4. The highest BCUT2D eigenvalue weighted by atomic mass is 19.1. The van der Waals surface area contributed by atoms with Crippen LogP contribution < -0.4 is 15.1 Å². The maximum absolute atomic E-state index is 14.1. The largest absolute Gasteiger partial charge is 0.469 e. The van der Waals surface area contributed by atoms with Crippen LogP contribution in [0.2, 0.25) is 0 Å². The van der Waals surface area contributed by atoms with Gasteiger partial charge in [-0.3, -0.25) is 9.63 Å². The molecule has 2 bridgehead atoms. The van der Waals surface area contributed by atoms with E-state index in [1.165, 1.54) is 16.8 Å². The molecule has 3 aliphatic heterocycles. The van der Waals surface area contributed by atoms with Crippen LogP contribution in [0.25, 0.3) is 5.65 Å². The smallest absolute Gasteiger partial charge is 0.257 e. The van der Waals surface area contributed by atoms with Crippen molar-refractivity contribution in [1.29, 1.82) is 0 Å². The number of carbonyl (C=O) groups is 1. The highest BCUT2D eigenvalue weighted by Gasteiger charge is 2.37. The molecule has 3 aromatic heterocycles. The lowest BCUT2D eigenvalue weighted by Gasteiger charge is -2.26. The molecular weight excluding hydrogens is 395 g/mol. The standard InChI is InChI=1S/C19H17FN6O4/c20-10-5-11-14-2-4-29-26(14)16-1-3-25-17(24-16)12(7-22-25)18(27)23-13-8-28-9-15(13)30-19(11)21-6-10/h1,3,5-7,13-15H,2,4,8-9H2,(H,23,27)/t13-,14-,15+/m1/s1. The first-order chi connectivity index (χ1) is 14.7. The lowest BCUT2D eigenvalue weighted by Crippen LogP contribution is -2.45. The summed E-state index contributed by atoms with van der Waals surface area (Å²) in [5.74, 6) is -0.0285. The van der Waals surface area contributed by atoms with Gasteiger partial charge >= 0.3 is 0 Å². The van der Waals surface area contributed by atoms with Crippen LogP contribution >= 0.6 is 0 Å². The summed E-state index contributed by atoms with van der Waals surface area (Å²) >= 11 is 0. The van der Waals surface area contributed by atoms with Crippen molar-refractivity contribution in [2.75, 3.05) is 24.9 Å². The van der Waals surface area contributed by atoms with Crippen LogP contribution in [-0.2, 0) is 9.57 Å². The molecule has 30 heavy (non-hydrogen) atoms. The molecule has 2 saturated heterocycles. The van der Waals surface area contributed by atoms with E-state index in [0.29, 0.717) is 42.2 Å². The molecule has 0 unspecified atom stereocenters. The first kappa shape index (κ1) is 17.5. The third kappa shape index (κ3) is 2.70. The second-order valence-corrected chi connectivity index (χ2v) is 7.40. The summed E-state index contributed by atoms with van der Waals surface area (Å²) in [4.78, 5) is 27.5. The van der Waals surface area contributed by atoms with Crippen LogP contribution in [-0.4, -0.2) is 57.5 Å². The van der Waals surface area contributed by atoms with Gasteiger partial charge in [-0.2, -0.15) is 5.10 Å². The zero-order valence-corrected chi connectivity index (χ0v) is 15.7. The van der Waals surface area contributed by atoms with Gasteiger partial charge in [-0.1, -0.05) is 0 Å². The fourth-order valence-corrected chi connectivity index (χ4v) is 4.07. The minimum absolute atomic E-state index is 0.281. The van der Waals surface area contributed by atoms with Gasteiger partial charge in [-0.25, -0.2) is 23.9 Å². The highest BCUT2D eigenvalue weighted by molar-refractivity contribution is 6.00. The van der Waals surface area contributed by atoms with Crippen LogP contribution in [0.3, 0.4) is 0 Å². The monoisotopic (exact) mass is 412 g/mol. The van der Waals surface area contributed by atoms with Crippen molar-refractivity contribution < 1.29 is 23.5 Å². The van der Waals surface area contributed by atoms with Crippen molar-refractivity contribution in [1.82, 2.24) is 24.9 Å². The van der Waals surface area contributed by atoms with E-state index in [1.807, 2.05) is 0 Å². The van der Waals surface area contributed by atoms with Gasteiger partial charge in [0.25, 0.3) is 5.91 Å². The number of anilines is 1. The highest BCUT2D eigenvalue weighted by Crippen LogP contribution is 2.38. The molecule has 6 heterocycles. The lowest BCUT2D eigenvalue weighted by atomic mass is 10.1. The van der Waals surface area contributed by atoms with E-state index in [4.69, 9.17) is 14.3 Å². The SMILES string of the molecule is O=C1N[C@@H]2COC[C@@H]2Oc2ncc(F)cc2[C@H]2CCON2c2ccn3ncc1c3n2. The number of hydroxylamine groups is 1. The fraction of sp³-hybridized carbons (Fsp3) is 0.368. The predicted molar refractivity (Wildman–Crippen MR) is 99.5 cm³/mol. The third-order valence-corrected chi connectivity index (χ3v) is 5.54. The Bertz CT molecular complexity index is 1150. The van der Waals surface area contributed by atoms with Crippen molar-refractivity contribution in [3.8, 4) is 5.88 Å². The van der Waals surface area contributed by atoms with E-state index in [1.54, 1.807) is 17.3 Å². The number of hydrogen-bond acceptors (Lipinski definition) is 8. The molecule has 0 aromatic carbocycles. The average molecular weight is 412 g/mol. The van der Waals surface area contributed by atoms with Gasteiger partial charge < -0.3 is 14.8 Å². The summed E-state index contributed by atoms with van der Waals surface area (Å²) < 4.78 is 27.3. The number of hydrogen-bond donors (Lipinski definition) is 1. The summed E-state index contributed by atoms with van der Waals surface area (Å²) in [5.41, 5.74) is 1.28. The van der Waals surface area contributed by atoms with Gasteiger partial charge in [0.2, 0.25) is 5.88 Å². The van der Waals surface area contributed by atoms with Crippen molar-refractivity contribution in [2.24, 2.45) is 0 Å². The van der Waals surface area contributed by atoms with Crippen molar-refractivity contribution in [3.63, 3.8) is 0 Å². The zero-order valence-electron chi connectivity index (χ0n) is 15.7. The molecule has 0 spiro atoms. The Morgan fingerprint density at radius 1 is 1.27 bits per heavy atom. The quantitative estimate of drug-likeness (QED) is 0.584. The van der Waals surface area contributed by atoms with Gasteiger partial charge in [0, 0.05) is 24.2 Å². The number of pyridine rings is 1. The van der Waals surface area contributed by atoms with Crippen LogP contribution in [0.15, 0.2) is 30.7 Å². The number of halogens is 1. The van der Waals surface area contributed by atoms with Gasteiger partial charge in [0.05, 0.1) is 44.3 Å². The Morgan fingerprint density at radius 2 is 2.20 bits per heavy atom. The second-order valence-electron chi connectivity index (χ2n) is 7.40. The summed E-state index contributed by atoms with van der Waals surface area (Å²) in [6, 6.07) is 2.39. The molecule has 10 nitrogen and oxygen atoms in total. The number of carbonyl (C=O) groups excluding carboxylic acids is 1. The maximum atomic E-state index is 14.1. The minimum atomic E-state index is -0.470. The van der Waals surface area contributed by atoms with E-state index in [0.717, 1.165) is 6.20 Å². The first-order valence-corrected chi connectivity index (χ1v) is 9.64. The normalized spacial score (nSPS) is 25.6. The Labute approximate surface area is 169 Å². The Hall–Kier alpha value is -3.31. The molecule has 154 valence electrons. The van der Waals surface area contributed by atoms with E-state index in [2.05, 4.69) is 20.4 Å². The van der Waals surface area contributed by atoms with Crippen LogP contribution in [0.4, 0.5) is 10.2 Å². The molecule has 11 heteroatoms. The van der Waals surface area contributed by atoms with E-state index < -0.39 is 18.0 Å². The number of rotatable bonds is 0. The molecule has 3 atom stereocenters. The molecule has 0 aliphatic carbocycles. The maximum Gasteiger partial charge on any atom is 0.257 e. The van der Waals surface area contributed by atoms with Gasteiger partial charge in [0.15, 0.2) is 11.5 Å². The number of nitrogens with zero attached hydrogens (tertiary/aromatic N) is 5. The van der Waals surface area contributed by atoms with Gasteiger partial charge in [-0.05, 0) is 6.07 Å². The molecule has 2 fully saturated rings. The van der Waals surface area contributed by atoms with Crippen molar-refractivity contribution in [3.05, 3.63) is 47.7 Å². The second kappa shape index (κ2) is 6.61. The fourth-order valence-electron chi connectivity index (χ4n) is 4.07. The molecule has 3 aromatic rings.